The van der Waals surface area contributed by atoms with Gasteiger partial charge in [-0.3, -0.25) is 9.59 Å². The van der Waals surface area contributed by atoms with E-state index >= 15 is 0 Å². The molecule has 1 N–H and O–H groups in total. The Kier molecular flexibility index (Phi) is 8.68. The maximum atomic E-state index is 13.1. The summed E-state index contributed by atoms with van der Waals surface area (Å²) in [5, 5.41) is 0. The summed E-state index contributed by atoms with van der Waals surface area (Å²) in [7, 11) is -2.30. The van der Waals surface area contributed by atoms with Crippen LogP contribution >= 0.6 is 0 Å². The Bertz CT molecular complexity index is 1080. The van der Waals surface area contributed by atoms with Gasteiger partial charge in [-0.15, -0.1) is 0 Å². The standard InChI is InChI=1S/C25H32N2O6S/c1-4-33-25(29)20-13-15-27(16-14-20)24(28)17-23(19-7-9-21(32-3)10-8-19)26-34(30,31)22-11-5-18(2)6-12-22/h5-12,20,23,26H,4,13-17H2,1-3H3. The molecular weight excluding hydrogens is 456 g/mol. The predicted molar refractivity (Wildman–Crippen MR) is 128 cm³/mol. The molecule has 2 aromatic carbocycles. The minimum absolute atomic E-state index is 0.0402. The van der Waals surface area contributed by atoms with Crippen LogP contribution in [0.25, 0.3) is 0 Å². The Labute approximate surface area is 201 Å². The number of amides is 1. The number of ether oxygens (including phenoxy) is 2. The monoisotopic (exact) mass is 488 g/mol. The molecule has 1 heterocycles. The first kappa shape index (κ1) is 25.7. The van der Waals surface area contributed by atoms with Gasteiger partial charge in [0.15, 0.2) is 0 Å². The smallest absolute Gasteiger partial charge is 0.309 e. The van der Waals surface area contributed by atoms with E-state index in [0.717, 1.165) is 5.56 Å². The third-order valence-corrected chi connectivity index (χ3v) is 7.48. The van der Waals surface area contributed by atoms with Gasteiger partial charge in [-0.05, 0) is 56.5 Å². The van der Waals surface area contributed by atoms with Crippen LogP contribution in [0.1, 0.15) is 43.4 Å². The van der Waals surface area contributed by atoms with E-state index in [1.165, 1.54) is 0 Å². The van der Waals surface area contributed by atoms with Gasteiger partial charge in [-0.1, -0.05) is 29.8 Å². The number of hydrogen-bond acceptors (Lipinski definition) is 6. The number of aryl methyl sites for hydroxylation is 1. The third-order valence-electron chi connectivity index (χ3n) is 5.99. The van der Waals surface area contributed by atoms with Crippen molar-refractivity contribution in [3.63, 3.8) is 0 Å². The molecule has 2 aromatic rings. The van der Waals surface area contributed by atoms with Crippen molar-refractivity contribution in [1.29, 1.82) is 0 Å². The molecule has 34 heavy (non-hydrogen) atoms. The van der Waals surface area contributed by atoms with E-state index in [2.05, 4.69) is 4.72 Å². The van der Waals surface area contributed by atoms with Crippen molar-refractivity contribution in [2.24, 2.45) is 5.92 Å². The van der Waals surface area contributed by atoms with Crippen LogP contribution in [0.4, 0.5) is 0 Å². The predicted octanol–water partition coefficient (Wildman–Crippen LogP) is 3.22. The van der Waals surface area contributed by atoms with E-state index in [9.17, 15) is 18.0 Å². The second-order valence-corrected chi connectivity index (χ2v) is 10.1. The largest absolute Gasteiger partial charge is 0.497 e. The highest BCUT2D eigenvalue weighted by Crippen LogP contribution is 2.26. The molecule has 0 aliphatic carbocycles. The molecule has 1 saturated heterocycles. The first-order chi connectivity index (χ1) is 16.2. The molecule has 1 aliphatic rings. The number of methoxy groups -OCH3 is 1. The Morgan fingerprint density at radius 1 is 1.06 bits per heavy atom. The second kappa shape index (κ2) is 11.5. The van der Waals surface area contributed by atoms with Crippen LogP contribution in [-0.2, 0) is 24.3 Å². The molecule has 8 nitrogen and oxygen atoms in total. The number of likely N-dealkylation sites (tertiary alicyclic amines) is 1. The molecule has 1 fully saturated rings. The summed E-state index contributed by atoms with van der Waals surface area (Å²) >= 11 is 0. The topological polar surface area (TPSA) is 102 Å². The van der Waals surface area contributed by atoms with Gasteiger partial charge in [0.25, 0.3) is 0 Å². The summed E-state index contributed by atoms with van der Waals surface area (Å²) in [6.07, 6.45) is 1.03. The quantitative estimate of drug-likeness (QED) is 0.544. The summed E-state index contributed by atoms with van der Waals surface area (Å²) in [5.74, 6) is 0.0315. The van der Waals surface area contributed by atoms with Crippen LogP contribution in [0.5, 0.6) is 5.75 Å². The lowest BCUT2D eigenvalue weighted by Crippen LogP contribution is -2.42. The van der Waals surface area contributed by atoms with Gasteiger partial charge in [0.2, 0.25) is 15.9 Å². The zero-order valence-electron chi connectivity index (χ0n) is 19.8. The number of carbonyl (C=O) groups excluding carboxylic acids is 2. The van der Waals surface area contributed by atoms with Crippen molar-refractivity contribution in [3.05, 3.63) is 59.7 Å². The normalized spacial score (nSPS) is 15.6. The van der Waals surface area contributed by atoms with Gasteiger partial charge in [0.05, 0.1) is 30.6 Å². The number of benzene rings is 2. The summed E-state index contributed by atoms with van der Waals surface area (Å²) in [4.78, 5) is 26.9. The highest BCUT2D eigenvalue weighted by molar-refractivity contribution is 7.89. The molecule has 1 aliphatic heterocycles. The van der Waals surface area contributed by atoms with Crippen molar-refractivity contribution < 1.29 is 27.5 Å². The van der Waals surface area contributed by atoms with Crippen LogP contribution in [0.15, 0.2) is 53.4 Å². The van der Waals surface area contributed by atoms with E-state index in [1.807, 2.05) is 6.92 Å². The first-order valence-corrected chi connectivity index (χ1v) is 12.9. The zero-order valence-corrected chi connectivity index (χ0v) is 20.6. The average Bonchev–Trinajstić information content (AvgIpc) is 2.84. The van der Waals surface area contributed by atoms with E-state index in [1.54, 1.807) is 67.5 Å². The minimum atomic E-state index is -3.86. The van der Waals surface area contributed by atoms with Crippen LogP contribution in [0.3, 0.4) is 0 Å². The Morgan fingerprint density at radius 3 is 2.24 bits per heavy atom. The number of nitrogens with zero attached hydrogens (tertiary/aromatic N) is 1. The minimum Gasteiger partial charge on any atom is -0.497 e. The summed E-state index contributed by atoms with van der Waals surface area (Å²) in [5.41, 5.74) is 1.61. The number of sulfonamides is 1. The van der Waals surface area contributed by atoms with E-state index in [4.69, 9.17) is 9.47 Å². The van der Waals surface area contributed by atoms with Crippen LogP contribution in [0, 0.1) is 12.8 Å². The van der Waals surface area contributed by atoms with Crippen molar-refractivity contribution in [2.75, 3.05) is 26.8 Å². The van der Waals surface area contributed by atoms with Crippen LogP contribution < -0.4 is 9.46 Å². The first-order valence-electron chi connectivity index (χ1n) is 11.4. The molecule has 1 unspecified atom stereocenters. The highest BCUT2D eigenvalue weighted by atomic mass is 32.2. The number of hydrogen-bond donors (Lipinski definition) is 1. The molecule has 0 saturated carbocycles. The Balaban J connectivity index is 1.75. The lowest BCUT2D eigenvalue weighted by molar-refractivity contribution is -0.151. The fourth-order valence-electron chi connectivity index (χ4n) is 3.96. The summed E-state index contributed by atoms with van der Waals surface area (Å²) in [6, 6.07) is 12.8. The van der Waals surface area contributed by atoms with Crippen molar-refractivity contribution in [2.45, 2.75) is 44.0 Å². The van der Waals surface area contributed by atoms with E-state index < -0.39 is 16.1 Å². The van der Waals surface area contributed by atoms with Gasteiger partial charge < -0.3 is 14.4 Å². The summed E-state index contributed by atoms with van der Waals surface area (Å²) in [6.45, 7) is 4.86. The highest BCUT2D eigenvalue weighted by Gasteiger charge is 2.31. The van der Waals surface area contributed by atoms with Gasteiger partial charge >= 0.3 is 5.97 Å². The zero-order chi connectivity index (χ0) is 24.7. The molecule has 9 heteroatoms. The Morgan fingerprint density at radius 2 is 1.68 bits per heavy atom. The molecule has 1 atom stereocenters. The van der Waals surface area contributed by atoms with Crippen LogP contribution in [-0.4, -0.2) is 52.0 Å². The summed E-state index contributed by atoms with van der Waals surface area (Å²) < 4.78 is 39.2. The third kappa shape index (κ3) is 6.57. The Hall–Kier alpha value is -2.91. The number of piperidine rings is 1. The SMILES string of the molecule is CCOC(=O)C1CCN(C(=O)CC(NS(=O)(=O)c2ccc(C)cc2)c2ccc(OC)cc2)CC1. The molecule has 0 aromatic heterocycles. The number of esters is 1. The molecule has 3 rings (SSSR count). The average molecular weight is 489 g/mol. The molecule has 1 amide bonds. The van der Waals surface area contributed by atoms with Gasteiger partial charge in [-0.2, -0.15) is 0 Å². The molecular formula is C25H32N2O6S. The van der Waals surface area contributed by atoms with Gasteiger partial charge in [0, 0.05) is 19.5 Å². The fourth-order valence-corrected chi connectivity index (χ4v) is 5.19. The lowest BCUT2D eigenvalue weighted by Gasteiger charge is -2.32. The van der Waals surface area contributed by atoms with Crippen molar-refractivity contribution in [3.8, 4) is 5.75 Å². The van der Waals surface area contributed by atoms with Crippen LogP contribution in [0.2, 0.25) is 0 Å². The molecule has 0 spiro atoms. The molecule has 184 valence electrons. The van der Waals surface area contributed by atoms with E-state index in [-0.39, 0.29) is 29.1 Å². The van der Waals surface area contributed by atoms with Gasteiger partial charge in [-0.25, -0.2) is 13.1 Å². The van der Waals surface area contributed by atoms with E-state index in [0.29, 0.717) is 43.9 Å². The maximum absolute atomic E-state index is 13.1. The van der Waals surface area contributed by atoms with Crippen molar-refractivity contribution >= 4 is 21.9 Å². The molecule has 0 radical (unpaired) electrons. The lowest BCUT2D eigenvalue weighted by atomic mass is 9.96. The number of nitrogens with one attached hydrogen (secondary N) is 1. The molecule has 0 bridgehead atoms. The number of rotatable bonds is 9. The maximum Gasteiger partial charge on any atom is 0.309 e. The van der Waals surface area contributed by atoms with Crippen molar-refractivity contribution in [1.82, 2.24) is 9.62 Å². The number of carbonyl (C=O) groups is 2. The fraction of sp³-hybridized carbons (Fsp3) is 0.440. The van der Waals surface area contributed by atoms with Gasteiger partial charge in [0.1, 0.15) is 5.75 Å². The second-order valence-electron chi connectivity index (χ2n) is 8.37.